The standard InChI is InChI=1S/C25H18F4N2O3S/c26-18-5-1-15(2-6-18)23-14-17(25(27,28)29)4-9-22(23)21-8-3-16-13-19(7-10-20(16)21)35(32,33)31-24-30-11-12-34-24/h1-2,4-7,9-14,21H,3,8H2,(H,30,31)/t21-/m0/s1. The number of rotatable bonds is 5. The zero-order valence-corrected chi connectivity index (χ0v) is 18.8. The summed E-state index contributed by atoms with van der Waals surface area (Å²) in [5.74, 6) is -0.732. The molecule has 0 spiro atoms. The van der Waals surface area contributed by atoms with Crippen LogP contribution in [0.5, 0.6) is 0 Å². The summed E-state index contributed by atoms with van der Waals surface area (Å²) in [7, 11) is -3.93. The second-order valence-corrected chi connectivity index (χ2v) is 9.88. The number of aromatic nitrogens is 1. The van der Waals surface area contributed by atoms with Crippen molar-refractivity contribution in [3.8, 4) is 11.1 Å². The maximum atomic E-state index is 13.5. The summed E-state index contributed by atoms with van der Waals surface area (Å²) in [6.45, 7) is 0. The van der Waals surface area contributed by atoms with Gasteiger partial charge in [0.1, 0.15) is 12.1 Å². The predicted octanol–water partition coefficient (Wildman–Crippen LogP) is 6.38. The maximum Gasteiger partial charge on any atom is 0.416 e. The van der Waals surface area contributed by atoms with Crippen LogP contribution in [-0.2, 0) is 22.6 Å². The van der Waals surface area contributed by atoms with Crippen LogP contribution in [-0.4, -0.2) is 13.4 Å². The number of fused-ring (bicyclic) bond motifs is 1. The highest BCUT2D eigenvalue weighted by atomic mass is 32.2. The molecule has 0 unspecified atom stereocenters. The average Bonchev–Trinajstić information content (AvgIpc) is 3.47. The highest BCUT2D eigenvalue weighted by Crippen LogP contribution is 2.44. The number of hydrogen-bond donors (Lipinski definition) is 1. The molecule has 4 aromatic rings. The number of anilines is 1. The van der Waals surface area contributed by atoms with Crippen LogP contribution in [0.1, 0.15) is 34.6 Å². The van der Waals surface area contributed by atoms with Gasteiger partial charge in [-0.1, -0.05) is 24.3 Å². The number of benzene rings is 3. The SMILES string of the molecule is O=S(=O)(Nc1ncco1)c1ccc2c(c1)CC[C@@H]2c1ccc(C(F)(F)F)cc1-c1ccc(F)cc1. The molecule has 10 heteroatoms. The van der Waals surface area contributed by atoms with Gasteiger partial charge < -0.3 is 4.42 Å². The second kappa shape index (κ2) is 8.53. The number of alkyl halides is 3. The molecule has 0 aliphatic heterocycles. The molecule has 1 aromatic heterocycles. The Balaban J connectivity index is 1.54. The zero-order valence-electron chi connectivity index (χ0n) is 18.0. The molecule has 0 radical (unpaired) electrons. The number of nitrogens with one attached hydrogen (secondary N) is 1. The first-order chi connectivity index (χ1) is 16.6. The largest absolute Gasteiger partial charge is 0.432 e. The number of hydrogen-bond acceptors (Lipinski definition) is 4. The van der Waals surface area contributed by atoms with Gasteiger partial charge in [0.05, 0.1) is 16.7 Å². The Hall–Kier alpha value is -3.66. The number of oxazole rings is 1. The van der Waals surface area contributed by atoms with E-state index in [1.54, 1.807) is 12.1 Å². The van der Waals surface area contributed by atoms with E-state index in [9.17, 15) is 26.0 Å². The van der Waals surface area contributed by atoms with Crippen LogP contribution in [0.3, 0.4) is 0 Å². The first kappa shape index (κ1) is 23.1. The van der Waals surface area contributed by atoms with E-state index < -0.39 is 27.6 Å². The van der Waals surface area contributed by atoms with E-state index >= 15 is 0 Å². The van der Waals surface area contributed by atoms with Crippen LogP contribution in [0, 0.1) is 5.82 Å². The molecule has 1 heterocycles. The molecule has 1 aliphatic rings. The Labute approximate surface area is 198 Å². The van der Waals surface area contributed by atoms with Crippen LogP contribution >= 0.6 is 0 Å². The number of nitrogens with zero attached hydrogens (tertiary/aromatic N) is 1. The topological polar surface area (TPSA) is 72.2 Å². The van der Waals surface area contributed by atoms with Crippen LogP contribution in [0.2, 0.25) is 0 Å². The van der Waals surface area contributed by atoms with Crippen molar-refractivity contribution in [2.75, 3.05) is 4.72 Å². The lowest BCUT2D eigenvalue weighted by molar-refractivity contribution is -0.137. The van der Waals surface area contributed by atoms with Gasteiger partial charge in [0, 0.05) is 5.92 Å². The monoisotopic (exact) mass is 502 g/mol. The minimum Gasteiger partial charge on any atom is -0.432 e. The Kier molecular flexibility index (Phi) is 5.63. The summed E-state index contributed by atoms with van der Waals surface area (Å²) in [5, 5.41) is 0. The van der Waals surface area contributed by atoms with E-state index in [1.165, 1.54) is 48.9 Å². The van der Waals surface area contributed by atoms with E-state index in [-0.39, 0.29) is 16.8 Å². The van der Waals surface area contributed by atoms with Gasteiger partial charge in [0.2, 0.25) is 0 Å². The van der Waals surface area contributed by atoms with E-state index in [2.05, 4.69) is 9.71 Å². The Morgan fingerprint density at radius 3 is 2.40 bits per heavy atom. The lowest BCUT2D eigenvalue weighted by Crippen LogP contribution is -2.13. The molecule has 0 saturated carbocycles. The zero-order chi connectivity index (χ0) is 24.8. The molecule has 5 rings (SSSR count). The molecule has 0 amide bonds. The van der Waals surface area contributed by atoms with Crippen molar-refractivity contribution >= 4 is 16.0 Å². The van der Waals surface area contributed by atoms with Gasteiger partial charge in [-0.05, 0) is 77.1 Å². The third-order valence-electron chi connectivity index (χ3n) is 6.07. The summed E-state index contributed by atoms with van der Waals surface area (Å²) in [5.41, 5.74) is 2.32. The summed E-state index contributed by atoms with van der Waals surface area (Å²) in [6, 6.07) is 13.4. The first-order valence-electron chi connectivity index (χ1n) is 10.6. The van der Waals surface area contributed by atoms with E-state index in [1.807, 2.05) is 0 Å². The number of aryl methyl sites for hydroxylation is 1. The summed E-state index contributed by atoms with van der Waals surface area (Å²) in [6.07, 6.45) is -0.834. The number of sulfonamides is 1. The minimum absolute atomic E-state index is 0.0290. The molecule has 1 N–H and O–H groups in total. The van der Waals surface area contributed by atoms with Crippen molar-refractivity contribution in [1.29, 1.82) is 0 Å². The van der Waals surface area contributed by atoms with Crippen molar-refractivity contribution in [1.82, 2.24) is 4.98 Å². The highest BCUT2D eigenvalue weighted by molar-refractivity contribution is 7.92. The van der Waals surface area contributed by atoms with E-state index in [4.69, 9.17) is 4.42 Å². The van der Waals surface area contributed by atoms with E-state index in [0.717, 1.165) is 23.3 Å². The fourth-order valence-corrected chi connectivity index (χ4v) is 5.44. The highest BCUT2D eigenvalue weighted by Gasteiger charge is 2.33. The van der Waals surface area contributed by atoms with Gasteiger partial charge in [-0.15, -0.1) is 0 Å². The Bertz CT molecular complexity index is 1480. The molecule has 1 aliphatic carbocycles. The summed E-state index contributed by atoms with van der Waals surface area (Å²) in [4.78, 5) is 3.79. The molecular weight excluding hydrogens is 484 g/mol. The van der Waals surface area contributed by atoms with Gasteiger partial charge in [0.15, 0.2) is 0 Å². The molecule has 3 aromatic carbocycles. The Morgan fingerprint density at radius 2 is 1.71 bits per heavy atom. The normalized spacial score (nSPS) is 15.7. The van der Waals surface area contributed by atoms with Crippen molar-refractivity contribution in [2.24, 2.45) is 0 Å². The van der Waals surface area contributed by atoms with Crippen LogP contribution in [0.15, 0.2) is 82.4 Å². The molecule has 1 atom stereocenters. The molecule has 35 heavy (non-hydrogen) atoms. The molecular formula is C25H18F4N2O3S. The fraction of sp³-hybridized carbons (Fsp3) is 0.160. The Morgan fingerprint density at radius 1 is 0.971 bits per heavy atom. The average molecular weight is 502 g/mol. The predicted molar refractivity (Wildman–Crippen MR) is 121 cm³/mol. The lowest BCUT2D eigenvalue weighted by atomic mass is 9.86. The molecule has 180 valence electrons. The molecule has 0 saturated heterocycles. The third-order valence-corrected chi connectivity index (χ3v) is 7.39. The maximum absolute atomic E-state index is 13.5. The summed E-state index contributed by atoms with van der Waals surface area (Å²) < 4.78 is 86.5. The van der Waals surface area contributed by atoms with Crippen LogP contribution < -0.4 is 4.72 Å². The van der Waals surface area contributed by atoms with Gasteiger partial charge >= 0.3 is 12.2 Å². The smallest absolute Gasteiger partial charge is 0.416 e. The lowest BCUT2D eigenvalue weighted by Gasteiger charge is -2.20. The van der Waals surface area contributed by atoms with Crippen molar-refractivity contribution in [3.05, 3.63) is 101 Å². The molecule has 5 nitrogen and oxygen atoms in total. The van der Waals surface area contributed by atoms with Crippen LogP contribution in [0.4, 0.5) is 23.6 Å². The van der Waals surface area contributed by atoms with Crippen molar-refractivity contribution in [3.63, 3.8) is 0 Å². The van der Waals surface area contributed by atoms with Gasteiger partial charge in [-0.25, -0.2) is 22.5 Å². The quantitative estimate of drug-likeness (QED) is 0.322. The van der Waals surface area contributed by atoms with Gasteiger partial charge in [-0.3, -0.25) is 0 Å². The van der Waals surface area contributed by atoms with E-state index in [0.29, 0.717) is 29.5 Å². The van der Waals surface area contributed by atoms with Crippen LogP contribution in [0.25, 0.3) is 11.1 Å². The number of halogens is 4. The van der Waals surface area contributed by atoms with Crippen molar-refractivity contribution in [2.45, 2.75) is 29.8 Å². The molecule has 0 fully saturated rings. The summed E-state index contributed by atoms with van der Waals surface area (Å²) >= 11 is 0. The second-order valence-electron chi connectivity index (χ2n) is 8.20. The first-order valence-corrected chi connectivity index (χ1v) is 12.1. The van der Waals surface area contributed by atoms with Gasteiger partial charge in [0.25, 0.3) is 10.0 Å². The molecule has 0 bridgehead atoms. The minimum atomic E-state index is -4.53. The fourth-order valence-electron chi connectivity index (χ4n) is 4.45. The van der Waals surface area contributed by atoms with Gasteiger partial charge in [-0.2, -0.15) is 13.2 Å². The van der Waals surface area contributed by atoms with Crippen molar-refractivity contribution < 1.29 is 30.4 Å². The third kappa shape index (κ3) is 4.53.